The van der Waals surface area contributed by atoms with Crippen LogP contribution in [0.5, 0.6) is 0 Å². The number of hydrogen-bond donors (Lipinski definition) is 0. The van der Waals surface area contributed by atoms with Crippen LogP contribution in [0.1, 0.15) is 36.5 Å². The summed E-state index contributed by atoms with van der Waals surface area (Å²) >= 11 is 0. The van der Waals surface area contributed by atoms with Crippen LogP contribution in [0.25, 0.3) is 0 Å². The van der Waals surface area contributed by atoms with Gasteiger partial charge in [-0.05, 0) is 25.0 Å². The highest BCUT2D eigenvalue weighted by Gasteiger charge is 2.27. The van der Waals surface area contributed by atoms with Crippen molar-refractivity contribution in [2.45, 2.75) is 32.3 Å². The Labute approximate surface area is 101 Å². The van der Waals surface area contributed by atoms with E-state index in [1.54, 1.807) is 12.1 Å². The molecule has 1 saturated carbocycles. The molecule has 0 saturated heterocycles. The van der Waals surface area contributed by atoms with E-state index in [-0.39, 0.29) is 23.8 Å². The number of esters is 1. The minimum Gasteiger partial charge on any atom is -0.459 e. The van der Waals surface area contributed by atoms with Crippen molar-refractivity contribution in [3.63, 3.8) is 0 Å². The lowest BCUT2D eigenvalue weighted by atomic mass is 9.87. The molecule has 1 aromatic carbocycles. The van der Waals surface area contributed by atoms with Crippen LogP contribution in [0.4, 0.5) is 0 Å². The van der Waals surface area contributed by atoms with Gasteiger partial charge in [0.2, 0.25) is 0 Å². The van der Waals surface area contributed by atoms with Crippen molar-refractivity contribution in [2.24, 2.45) is 5.92 Å². The molecule has 90 valence electrons. The zero-order chi connectivity index (χ0) is 12.3. The number of benzene rings is 1. The van der Waals surface area contributed by atoms with Crippen molar-refractivity contribution >= 4 is 11.8 Å². The van der Waals surface area contributed by atoms with Crippen LogP contribution in [-0.4, -0.2) is 17.9 Å². The quantitative estimate of drug-likeness (QED) is 0.736. The Morgan fingerprint density at radius 3 is 2.65 bits per heavy atom. The third-order valence-corrected chi connectivity index (χ3v) is 3.16. The smallest absolute Gasteiger partial charge is 0.338 e. The van der Waals surface area contributed by atoms with Gasteiger partial charge in [0.1, 0.15) is 11.9 Å². The monoisotopic (exact) mass is 232 g/mol. The SMILES string of the molecule is C[C@H]1C[C@@H](OC(=O)c2ccccc2)CCC1=O. The van der Waals surface area contributed by atoms with Gasteiger partial charge in [0.05, 0.1) is 5.56 Å². The van der Waals surface area contributed by atoms with E-state index < -0.39 is 0 Å². The van der Waals surface area contributed by atoms with Gasteiger partial charge in [-0.1, -0.05) is 25.1 Å². The number of hydrogen-bond acceptors (Lipinski definition) is 3. The number of Topliss-reactive ketones (excluding diaryl/α,β-unsaturated/α-hetero) is 1. The summed E-state index contributed by atoms with van der Waals surface area (Å²) in [5.41, 5.74) is 0.567. The second kappa shape index (κ2) is 5.13. The third kappa shape index (κ3) is 2.93. The van der Waals surface area contributed by atoms with Gasteiger partial charge in [-0.2, -0.15) is 0 Å². The Morgan fingerprint density at radius 2 is 2.00 bits per heavy atom. The largest absolute Gasteiger partial charge is 0.459 e. The lowest BCUT2D eigenvalue weighted by Crippen LogP contribution is -2.29. The highest BCUT2D eigenvalue weighted by Crippen LogP contribution is 2.23. The zero-order valence-electron chi connectivity index (χ0n) is 9.89. The lowest BCUT2D eigenvalue weighted by Gasteiger charge is -2.25. The normalized spacial score (nSPS) is 24.4. The van der Waals surface area contributed by atoms with Crippen molar-refractivity contribution in [2.75, 3.05) is 0 Å². The summed E-state index contributed by atoms with van der Waals surface area (Å²) in [4.78, 5) is 23.1. The summed E-state index contributed by atoms with van der Waals surface area (Å²) in [5.74, 6) is -0.00789. The average molecular weight is 232 g/mol. The van der Waals surface area contributed by atoms with E-state index >= 15 is 0 Å². The molecule has 0 unspecified atom stereocenters. The van der Waals surface area contributed by atoms with Gasteiger partial charge in [0, 0.05) is 12.3 Å². The summed E-state index contributed by atoms with van der Waals surface area (Å²) < 4.78 is 5.40. The summed E-state index contributed by atoms with van der Waals surface area (Å²) in [6, 6.07) is 8.95. The Morgan fingerprint density at radius 1 is 1.29 bits per heavy atom. The summed E-state index contributed by atoms with van der Waals surface area (Å²) in [5, 5.41) is 0. The highest BCUT2D eigenvalue weighted by molar-refractivity contribution is 5.89. The molecular formula is C14H16O3. The molecule has 17 heavy (non-hydrogen) atoms. The van der Waals surface area contributed by atoms with Gasteiger partial charge in [0.15, 0.2) is 0 Å². The first-order valence-corrected chi connectivity index (χ1v) is 5.95. The number of ether oxygens (including phenoxy) is 1. The molecule has 0 aromatic heterocycles. The maximum Gasteiger partial charge on any atom is 0.338 e. The van der Waals surface area contributed by atoms with Gasteiger partial charge < -0.3 is 4.74 Å². The number of ketones is 1. The van der Waals surface area contributed by atoms with Crippen molar-refractivity contribution in [1.82, 2.24) is 0 Å². The molecule has 3 heteroatoms. The maximum atomic E-state index is 11.8. The van der Waals surface area contributed by atoms with Crippen molar-refractivity contribution in [3.05, 3.63) is 35.9 Å². The van der Waals surface area contributed by atoms with Crippen LogP contribution in [-0.2, 0) is 9.53 Å². The second-order valence-corrected chi connectivity index (χ2v) is 4.54. The summed E-state index contributed by atoms with van der Waals surface area (Å²) in [6.45, 7) is 1.89. The molecule has 0 bridgehead atoms. The van der Waals surface area contributed by atoms with Gasteiger partial charge in [-0.15, -0.1) is 0 Å². The van der Waals surface area contributed by atoms with Gasteiger partial charge in [-0.3, -0.25) is 4.79 Å². The number of carbonyl (C=O) groups excluding carboxylic acids is 2. The standard InChI is InChI=1S/C14H16O3/c1-10-9-12(7-8-13(10)15)17-14(16)11-5-3-2-4-6-11/h2-6,10,12H,7-9H2,1H3/t10-,12-/m0/s1. The first-order chi connectivity index (χ1) is 8.16. The van der Waals surface area contributed by atoms with Crippen LogP contribution in [0.3, 0.4) is 0 Å². The second-order valence-electron chi connectivity index (χ2n) is 4.54. The highest BCUT2D eigenvalue weighted by atomic mass is 16.5. The molecule has 2 atom stereocenters. The van der Waals surface area contributed by atoms with E-state index in [1.807, 2.05) is 25.1 Å². The molecule has 1 aromatic rings. The molecule has 0 spiro atoms. The number of rotatable bonds is 2. The molecule has 0 amide bonds. The van der Waals surface area contributed by atoms with E-state index in [0.717, 1.165) is 0 Å². The average Bonchev–Trinajstić information content (AvgIpc) is 2.35. The van der Waals surface area contributed by atoms with Gasteiger partial charge >= 0.3 is 5.97 Å². The van der Waals surface area contributed by atoms with Crippen LogP contribution < -0.4 is 0 Å². The van der Waals surface area contributed by atoms with E-state index in [2.05, 4.69) is 0 Å². The molecule has 1 aliphatic rings. The van der Waals surface area contributed by atoms with Crippen molar-refractivity contribution in [3.8, 4) is 0 Å². The van der Waals surface area contributed by atoms with Crippen LogP contribution in [0, 0.1) is 5.92 Å². The number of carbonyl (C=O) groups is 2. The molecule has 0 heterocycles. The lowest BCUT2D eigenvalue weighted by molar-refractivity contribution is -0.126. The topological polar surface area (TPSA) is 43.4 Å². The van der Waals surface area contributed by atoms with E-state index in [4.69, 9.17) is 4.74 Å². The van der Waals surface area contributed by atoms with Gasteiger partial charge in [-0.25, -0.2) is 4.79 Å². The predicted octanol–water partition coefficient (Wildman–Crippen LogP) is 2.60. The fourth-order valence-corrected chi connectivity index (χ4v) is 2.09. The summed E-state index contributed by atoms with van der Waals surface area (Å²) in [7, 11) is 0. The molecular weight excluding hydrogens is 216 g/mol. The fourth-order valence-electron chi connectivity index (χ4n) is 2.09. The Hall–Kier alpha value is -1.64. The summed E-state index contributed by atoms with van der Waals surface area (Å²) in [6.07, 6.45) is 1.71. The third-order valence-electron chi connectivity index (χ3n) is 3.16. The van der Waals surface area contributed by atoms with Crippen LogP contribution >= 0.6 is 0 Å². The Kier molecular flexibility index (Phi) is 3.57. The molecule has 1 fully saturated rings. The predicted molar refractivity (Wildman–Crippen MR) is 63.7 cm³/mol. The van der Waals surface area contributed by atoms with Crippen molar-refractivity contribution in [1.29, 1.82) is 0 Å². The van der Waals surface area contributed by atoms with Crippen LogP contribution in [0.2, 0.25) is 0 Å². The molecule has 3 nitrogen and oxygen atoms in total. The maximum absolute atomic E-state index is 11.8. The first-order valence-electron chi connectivity index (χ1n) is 5.95. The first kappa shape index (κ1) is 11.8. The molecule has 2 rings (SSSR count). The fraction of sp³-hybridized carbons (Fsp3) is 0.429. The molecule has 0 radical (unpaired) electrons. The molecule has 0 N–H and O–H groups in total. The molecule has 1 aliphatic carbocycles. The Balaban J connectivity index is 1.94. The zero-order valence-corrected chi connectivity index (χ0v) is 9.89. The Bertz CT molecular complexity index is 411. The van der Waals surface area contributed by atoms with Crippen LogP contribution in [0.15, 0.2) is 30.3 Å². The minimum atomic E-state index is -0.294. The van der Waals surface area contributed by atoms with Crippen molar-refractivity contribution < 1.29 is 14.3 Å². The van der Waals surface area contributed by atoms with E-state index in [1.165, 1.54) is 0 Å². The molecule has 0 aliphatic heterocycles. The van der Waals surface area contributed by atoms with E-state index in [9.17, 15) is 9.59 Å². The minimum absolute atomic E-state index is 0.0114. The van der Waals surface area contributed by atoms with E-state index in [0.29, 0.717) is 24.8 Å². The van der Waals surface area contributed by atoms with Gasteiger partial charge in [0.25, 0.3) is 0 Å².